The molecule has 0 fully saturated rings. The highest BCUT2D eigenvalue weighted by Crippen LogP contribution is 2.23. The molecule has 0 amide bonds. The molecule has 0 bridgehead atoms. The van der Waals surface area contributed by atoms with Crippen LogP contribution in [0, 0.1) is 11.6 Å². The number of aromatic nitrogens is 1. The minimum Gasteiger partial charge on any atom is -0.299 e. The van der Waals surface area contributed by atoms with Gasteiger partial charge in [0, 0.05) is 6.42 Å². The van der Waals surface area contributed by atoms with Crippen molar-refractivity contribution >= 4 is 27.3 Å². The molecule has 1 aromatic heterocycles. The van der Waals surface area contributed by atoms with Crippen LogP contribution in [0.2, 0.25) is 0 Å². The summed E-state index contributed by atoms with van der Waals surface area (Å²) in [6.07, 6.45) is 0.447. The van der Waals surface area contributed by atoms with Crippen molar-refractivity contribution < 1.29 is 13.6 Å². The van der Waals surface area contributed by atoms with Crippen LogP contribution in [0.1, 0.15) is 10.6 Å². The number of fused-ring (bicyclic) bond motifs is 1. The van der Waals surface area contributed by atoms with Gasteiger partial charge in [-0.05, 0) is 35.9 Å². The smallest absolute Gasteiger partial charge is 0.144 e. The fourth-order valence-corrected chi connectivity index (χ4v) is 3.10. The third-order valence-corrected chi connectivity index (χ3v) is 4.08. The third kappa shape index (κ3) is 3.31. The van der Waals surface area contributed by atoms with Crippen molar-refractivity contribution in [2.45, 2.75) is 12.8 Å². The van der Waals surface area contributed by atoms with Gasteiger partial charge >= 0.3 is 0 Å². The van der Waals surface area contributed by atoms with Crippen LogP contribution in [0.25, 0.3) is 10.2 Å². The van der Waals surface area contributed by atoms with E-state index in [0.29, 0.717) is 10.5 Å². The van der Waals surface area contributed by atoms with Gasteiger partial charge in [-0.1, -0.05) is 12.1 Å². The summed E-state index contributed by atoms with van der Waals surface area (Å²) in [5, 5.41) is 0.669. The summed E-state index contributed by atoms with van der Waals surface area (Å²) in [4.78, 5) is 16.3. The molecule has 0 saturated heterocycles. The topological polar surface area (TPSA) is 30.0 Å². The highest BCUT2D eigenvalue weighted by Gasteiger charge is 2.10. The van der Waals surface area contributed by atoms with Gasteiger partial charge in [-0.15, -0.1) is 11.3 Å². The van der Waals surface area contributed by atoms with Crippen molar-refractivity contribution in [1.82, 2.24) is 4.98 Å². The number of carbonyl (C=O) groups is 1. The first-order valence-electron chi connectivity index (χ1n) is 6.41. The molecule has 1 heterocycles. The number of rotatable bonds is 4. The van der Waals surface area contributed by atoms with Crippen molar-refractivity contribution in [3.8, 4) is 0 Å². The summed E-state index contributed by atoms with van der Waals surface area (Å²) in [7, 11) is 0. The fraction of sp³-hybridized carbons (Fsp3) is 0.125. The quantitative estimate of drug-likeness (QED) is 0.731. The van der Waals surface area contributed by atoms with E-state index in [-0.39, 0.29) is 30.3 Å². The summed E-state index contributed by atoms with van der Waals surface area (Å²) >= 11 is 1.32. The van der Waals surface area contributed by atoms with Crippen molar-refractivity contribution in [2.24, 2.45) is 0 Å². The Morgan fingerprint density at radius 3 is 2.48 bits per heavy atom. The molecule has 2 aromatic carbocycles. The second kappa shape index (κ2) is 5.69. The highest BCUT2D eigenvalue weighted by molar-refractivity contribution is 7.18. The minimum atomic E-state index is -0.320. The largest absolute Gasteiger partial charge is 0.299 e. The molecule has 0 saturated carbocycles. The molecule has 3 aromatic rings. The zero-order chi connectivity index (χ0) is 14.8. The summed E-state index contributed by atoms with van der Waals surface area (Å²) in [6, 6.07) is 10.2. The average Bonchev–Trinajstić information content (AvgIpc) is 2.82. The average molecular weight is 303 g/mol. The van der Waals surface area contributed by atoms with E-state index in [2.05, 4.69) is 4.98 Å². The highest BCUT2D eigenvalue weighted by atomic mass is 32.1. The summed E-state index contributed by atoms with van der Waals surface area (Å²) in [6.45, 7) is 0. The van der Waals surface area contributed by atoms with E-state index in [4.69, 9.17) is 0 Å². The predicted molar refractivity (Wildman–Crippen MR) is 78.4 cm³/mol. The van der Waals surface area contributed by atoms with Gasteiger partial charge in [0.05, 0.1) is 16.6 Å². The molecular formula is C16H11F2NOS. The number of benzene rings is 2. The van der Waals surface area contributed by atoms with Crippen LogP contribution in [0.5, 0.6) is 0 Å². The van der Waals surface area contributed by atoms with Gasteiger partial charge in [0.2, 0.25) is 0 Å². The minimum absolute atomic E-state index is 0.00105. The van der Waals surface area contributed by atoms with Crippen molar-refractivity contribution in [1.29, 1.82) is 0 Å². The fourth-order valence-electron chi connectivity index (χ4n) is 2.08. The molecule has 21 heavy (non-hydrogen) atoms. The first-order chi connectivity index (χ1) is 10.1. The van der Waals surface area contributed by atoms with Gasteiger partial charge in [0.15, 0.2) is 0 Å². The van der Waals surface area contributed by atoms with Gasteiger partial charge in [-0.3, -0.25) is 4.79 Å². The van der Waals surface area contributed by atoms with E-state index < -0.39 is 0 Å². The SMILES string of the molecule is O=C(Cc1ccc(F)cc1)Cc1nc2ccc(F)cc2s1. The molecule has 3 rings (SSSR count). The maximum absolute atomic E-state index is 13.1. The second-order valence-corrected chi connectivity index (χ2v) is 5.85. The van der Waals surface area contributed by atoms with Crippen LogP contribution in [0.15, 0.2) is 42.5 Å². The molecule has 2 nitrogen and oxygen atoms in total. The zero-order valence-corrected chi connectivity index (χ0v) is 11.8. The van der Waals surface area contributed by atoms with Crippen LogP contribution in [0.3, 0.4) is 0 Å². The third-order valence-electron chi connectivity index (χ3n) is 3.06. The van der Waals surface area contributed by atoms with E-state index in [0.717, 1.165) is 10.3 Å². The molecule has 0 unspecified atom stereocenters. The maximum atomic E-state index is 13.1. The molecule has 0 aliphatic carbocycles. The van der Waals surface area contributed by atoms with Crippen LogP contribution in [-0.2, 0) is 17.6 Å². The molecule has 0 aliphatic heterocycles. The molecule has 0 atom stereocenters. The van der Waals surface area contributed by atoms with Gasteiger partial charge in [0.1, 0.15) is 22.4 Å². The Morgan fingerprint density at radius 1 is 1.00 bits per heavy atom. The normalized spacial score (nSPS) is 11.0. The van der Waals surface area contributed by atoms with Crippen LogP contribution in [0.4, 0.5) is 8.78 Å². The molecular weight excluding hydrogens is 292 g/mol. The number of Topliss-reactive ketones (excluding diaryl/α,β-unsaturated/α-hetero) is 1. The number of ketones is 1. The Balaban J connectivity index is 1.72. The molecule has 5 heteroatoms. The van der Waals surface area contributed by atoms with E-state index in [1.807, 2.05) is 0 Å². The Bertz CT molecular complexity index is 796. The predicted octanol–water partition coefficient (Wildman–Crippen LogP) is 3.93. The molecule has 106 valence electrons. The van der Waals surface area contributed by atoms with Crippen LogP contribution in [-0.4, -0.2) is 10.8 Å². The monoisotopic (exact) mass is 303 g/mol. The summed E-state index contributed by atoms with van der Waals surface area (Å²) in [5.41, 5.74) is 1.47. The maximum Gasteiger partial charge on any atom is 0.144 e. The molecule has 0 N–H and O–H groups in total. The Morgan fingerprint density at radius 2 is 1.71 bits per heavy atom. The lowest BCUT2D eigenvalue weighted by molar-refractivity contribution is -0.117. The standard InChI is InChI=1S/C16H11F2NOS/c17-11-3-1-10(2-4-11)7-13(20)9-16-19-14-6-5-12(18)8-15(14)21-16/h1-6,8H,7,9H2. The van der Waals surface area contributed by atoms with Crippen molar-refractivity contribution in [3.05, 3.63) is 64.7 Å². The van der Waals surface area contributed by atoms with E-state index in [9.17, 15) is 13.6 Å². The lowest BCUT2D eigenvalue weighted by atomic mass is 10.1. The lowest BCUT2D eigenvalue weighted by Gasteiger charge is -1.99. The number of hydrogen-bond acceptors (Lipinski definition) is 3. The molecule has 0 aliphatic rings. The van der Waals surface area contributed by atoms with E-state index >= 15 is 0 Å². The number of carbonyl (C=O) groups excluding carboxylic acids is 1. The zero-order valence-electron chi connectivity index (χ0n) is 11.0. The van der Waals surface area contributed by atoms with Crippen molar-refractivity contribution in [2.75, 3.05) is 0 Å². The summed E-state index contributed by atoms with van der Waals surface area (Å²) < 4.78 is 26.6. The summed E-state index contributed by atoms with van der Waals surface area (Å²) in [5.74, 6) is -0.629. The van der Waals surface area contributed by atoms with Crippen LogP contribution < -0.4 is 0 Å². The van der Waals surface area contributed by atoms with Gasteiger partial charge in [0.25, 0.3) is 0 Å². The first-order valence-corrected chi connectivity index (χ1v) is 7.23. The number of halogens is 2. The van der Waals surface area contributed by atoms with E-state index in [1.165, 1.54) is 35.6 Å². The number of nitrogens with zero attached hydrogens (tertiary/aromatic N) is 1. The van der Waals surface area contributed by atoms with Gasteiger partial charge in [-0.2, -0.15) is 0 Å². The number of hydrogen-bond donors (Lipinski definition) is 0. The van der Waals surface area contributed by atoms with E-state index in [1.54, 1.807) is 18.2 Å². The Labute approximate surface area is 124 Å². The first kappa shape index (κ1) is 13.8. The van der Waals surface area contributed by atoms with Gasteiger partial charge in [-0.25, -0.2) is 13.8 Å². The number of thiazole rings is 1. The Hall–Kier alpha value is -2.14. The van der Waals surface area contributed by atoms with Crippen LogP contribution >= 0.6 is 11.3 Å². The van der Waals surface area contributed by atoms with Gasteiger partial charge < -0.3 is 0 Å². The molecule has 0 radical (unpaired) electrons. The molecule has 0 spiro atoms. The Kier molecular flexibility index (Phi) is 3.75. The lowest BCUT2D eigenvalue weighted by Crippen LogP contribution is -2.06. The second-order valence-electron chi connectivity index (χ2n) is 4.74. The van der Waals surface area contributed by atoms with Crippen molar-refractivity contribution in [3.63, 3.8) is 0 Å².